The Balaban J connectivity index is 1.63. The number of nitrogens with zero attached hydrogens (tertiary/aromatic N) is 1. The number of carbonyl (C=O) groups excluding carboxylic acids is 1. The molecular formula is C26H20Cl2N2O4S. The van der Waals surface area contributed by atoms with Crippen LogP contribution in [0.15, 0.2) is 108 Å². The number of hydrogen-bond acceptors (Lipinski definition) is 4. The molecule has 178 valence electrons. The number of para-hydroxylation sites is 3. The van der Waals surface area contributed by atoms with Gasteiger partial charge < -0.3 is 10.1 Å². The molecule has 0 aliphatic rings. The summed E-state index contributed by atoms with van der Waals surface area (Å²) in [6, 6.07) is 28.2. The summed E-state index contributed by atoms with van der Waals surface area (Å²) >= 11 is 12.2. The minimum absolute atomic E-state index is 0.0340. The molecule has 4 aromatic rings. The van der Waals surface area contributed by atoms with E-state index in [0.717, 1.165) is 4.31 Å². The van der Waals surface area contributed by atoms with Crippen LogP contribution in [0.4, 0.5) is 11.4 Å². The summed E-state index contributed by atoms with van der Waals surface area (Å²) < 4.78 is 33.8. The monoisotopic (exact) mass is 526 g/mol. The number of anilines is 2. The number of carbonyl (C=O) groups is 1. The molecule has 1 N–H and O–H groups in total. The van der Waals surface area contributed by atoms with Gasteiger partial charge in [-0.05, 0) is 54.6 Å². The zero-order valence-electron chi connectivity index (χ0n) is 18.3. The molecule has 4 aromatic carbocycles. The normalized spacial score (nSPS) is 11.0. The van der Waals surface area contributed by atoms with E-state index in [4.69, 9.17) is 27.9 Å². The Morgan fingerprint density at radius 2 is 1.43 bits per heavy atom. The van der Waals surface area contributed by atoms with Crippen molar-refractivity contribution in [3.63, 3.8) is 0 Å². The van der Waals surface area contributed by atoms with Crippen molar-refractivity contribution in [2.75, 3.05) is 16.2 Å². The predicted molar refractivity (Wildman–Crippen MR) is 139 cm³/mol. The van der Waals surface area contributed by atoms with Gasteiger partial charge in [0.2, 0.25) is 5.91 Å². The molecule has 0 atom stereocenters. The van der Waals surface area contributed by atoms with Crippen LogP contribution in [-0.4, -0.2) is 20.9 Å². The summed E-state index contributed by atoms with van der Waals surface area (Å²) in [6.07, 6.45) is 0. The molecule has 0 saturated carbocycles. The SMILES string of the molecule is O=C(CN(c1ccc(Cl)c(Cl)c1)S(=O)(=O)c1ccccc1)Nc1ccccc1Oc1ccccc1. The van der Waals surface area contributed by atoms with Crippen molar-refractivity contribution in [3.05, 3.63) is 113 Å². The Kier molecular flexibility index (Phi) is 7.60. The van der Waals surface area contributed by atoms with Crippen LogP contribution in [0.25, 0.3) is 0 Å². The average Bonchev–Trinajstić information content (AvgIpc) is 2.86. The van der Waals surface area contributed by atoms with Gasteiger partial charge in [-0.15, -0.1) is 0 Å². The van der Waals surface area contributed by atoms with Gasteiger partial charge in [0.15, 0.2) is 5.75 Å². The van der Waals surface area contributed by atoms with Gasteiger partial charge in [-0.25, -0.2) is 8.42 Å². The predicted octanol–water partition coefficient (Wildman–Crippen LogP) is 6.62. The summed E-state index contributed by atoms with van der Waals surface area (Å²) in [5.41, 5.74) is 0.597. The Bertz CT molecular complexity index is 1430. The molecular weight excluding hydrogens is 507 g/mol. The zero-order chi connectivity index (χ0) is 24.8. The molecule has 9 heteroatoms. The summed E-state index contributed by atoms with van der Waals surface area (Å²) in [4.78, 5) is 13.1. The fourth-order valence-corrected chi connectivity index (χ4v) is 5.00. The first-order valence-corrected chi connectivity index (χ1v) is 12.7. The number of rotatable bonds is 8. The van der Waals surface area contributed by atoms with E-state index < -0.39 is 22.5 Å². The minimum atomic E-state index is -4.09. The lowest BCUT2D eigenvalue weighted by Gasteiger charge is -2.24. The lowest BCUT2D eigenvalue weighted by molar-refractivity contribution is -0.114. The van der Waals surface area contributed by atoms with Crippen molar-refractivity contribution in [2.45, 2.75) is 4.90 Å². The zero-order valence-corrected chi connectivity index (χ0v) is 20.6. The van der Waals surface area contributed by atoms with Gasteiger partial charge in [0, 0.05) is 0 Å². The van der Waals surface area contributed by atoms with Crippen molar-refractivity contribution < 1.29 is 17.9 Å². The molecule has 4 rings (SSSR count). The molecule has 0 heterocycles. The smallest absolute Gasteiger partial charge is 0.264 e. The van der Waals surface area contributed by atoms with Gasteiger partial charge in [0.1, 0.15) is 12.3 Å². The standard InChI is InChI=1S/C26H20Cl2N2O4S/c27-22-16-15-19(17-23(22)28)30(35(32,33)21-11-5-2-6-12-21)18-26(31)29-24-13-7-8-14-25(24)34-20-9-3-1-4-10-20/h1-17H,18H2,(H,29,31). The molecule has 0 aliphatic heterocycles. The lowest BCUT2D eigenvalue weighted by atomic mass is 10.2. The maximum atomic E-state index is 13.5. The highest BCUT2D eigenvalue weighted by Gasteiger charge is 2.28. The molecule has 0 aliphatic carbocycles. The van der Waals surface area contributed by atoms with Crippen molar-refractivity contribution in [1.29, 1.82) is 0 Å². The summed E-state index contributed by atoms with van der Waals surface area (Å²) in [7, 11) is -4.09. The van der Waals surface area contributed by atoms with Crippen LogP contribution in [-0.2, 0) is 14.8 Å². The second-order valence-corrected chi connectivity index (χ2v) is 10.1. The maximum Gasteiger partial charge on any atom is 0.264 e. The highest BCUT2D eigenvalue weighted by Crippen LogP contribution is 2.32. The highest BCUT2D eigenvalue weighted by atomic mass is 35.5. The molecule has 35 heavy (non-hydrogen) atoms. The Labute approximate surface area is 213 Å². The number of halogens is 2. The van der Waals surface area contributed by atoms with E-state index in [1.807, 2.05) is 18.2 Å². The lowest BCUT2D eigenvalue weighted by Crippen LogP contribution is -2.38. The largest absolute Gasteiger partial charge is 0.455 e. The van der Waals surface area contributed by atoms with Gasteiger partial charge >= 0.3 is 0 Å². The third kappa shape index (κ3) is 5.95. The van der Waals surface area contributed by atoms with Gasteiger partial charge in [0.05, 0.1) is 26.3 Å². The average molecular weight is 527 g/mol. The van der Waals surface area contributed by atoms with Gasteiger partial charge in [-0.2, -0.15) is 0 Å². The highest BCUT2D eigenvalue weighted by molar-refractivity contribution is 7.92. The van der Waals surface area contributed by atoms with E-state index in [-0.39, 0.29) is 20.6 Å². The van der Waals surface area contributed by atoms with Crippen molar-refractivity contribution in [2.24, 2.45) is 0 Å². The molecule has 0 aromatic heterocycles. The first-order chi connectivity index (χ1) is 16.8. The van der Waals surface area contributed by atoms with Gasteiger partial charge in [-0.1, -0.05) is 71.7 Å². The number of nitrogens with one attached hydrogen (secondary N) is 1. The minimum Gasteiger partial charge on any atom is -0.455 e. The van der Waals surface area contributed by atoms with Crippen LogP contribution in [0.2, 0.25) is 10.0 Å². The van der Waals surface area contributed by atoms with Crippen molar-refractivity contribution in [1.82, 2.24) is 0 Å². The number of sulfonamides is 1. The third-order valence-corrected chi connectivity index (χ3v) is 7.47. The van der Waals surface area contributed by atoms with Crippen LogP contribution in [0.5, 0.6) is 11.5 Å². The van der Waals surface area contributed by atoms with Gasteiger partial charge in [-0.3, -0.25) is 9.10 Å². The first-order valence-electron chi connectivity index (χ1n) is 10.5. The Hall–Kier alpha value is -3.52. The van der Waals surface area contributed by atoms with Crippen LogP contribution in [0.3, 0.4) is 0 Å². The Morgan fingerprint density at radius 3 is 2.11 bits per heavy atom. The van der Waals surface area contributed by atoms with Crippen LogP contribution in [0, 0.1) is 0 Å². The fraction of sp³-hybridized carbons (Fsp3) is 0.0385. The number of amides is 1. The first kappa shape index (κ1) is 24.6. The van der Waals surface area contributed by atoms with E-state index in [1.54, 1.807) is 54.6 Å². The quantitative estimate of drug-likeness (QED) is 0.280. The molecule has 0 fully saturated rings. The molecule has 6 nitrogen and oxygen atoms in total. The summed E-state index contributed by atoms with van der Waals surface area (Å²) in [6.45, 7) is -0.505. The second-order valence-electron chi connectivity index (χ2n) is 7.38. The van der Waals surface area contributed by atoms with Gasteiger partial charge in [0.25, 0.3) is 10.0 Å². The number of benzene rings is 4. The molecule has 0 saturated heterocycles. The van der Waals surface area contributed by atoms with Crippen molar-refractivity contribution >= 4 is 50.5 Å². The van der Waals surface area contributed by atoms with Crippen LogP contribution >= 0.6 is 23.2 Å². The van der Waals surface area contributed by atoms with E-state index in [1.165, 1.54) is 30.3 Å². The van der Waals surface area contributed by atoms with E-state index >= 15 is 0 Å². The van der Waals surface area contributed by atoms with E-state index in [9.17, 15) is 13.2 Å². The molecule has 0 bridgehead atoms. The second kappa shape index (κ2) is 10.8. The van der Waals surface area contributed by atoms with Crippen molar-refractivity contribution in [3.8, 4) is 11.5 Å². The maximum absolute atomic E-state index is 13.5. The molecule has 0 spiro atoms. The number of hydrogen-bond donors (Lipinski definition) is 1. The Morgan fingerprint density at radius 1 is 0.800 bits per heavy atom. The molecule has 0 unspecified atom stereocenters. The van der Waals surface area contributed by atoms with E-state index in [2.05, 4.69) is 5.32 Å². The third-order valence-electron chi connectivity index (χ3n) is 4.94. The summed E-state index contributed by atoms with van der Waals surface area (Å²) in [5.74, 6) is 0.442. The molecule has 0 radical (unpaired) electrons. The number of ether oxygens (including phenoxy) is 1. The van der Waals surface area contributed by atoms with Crippen LogP contribution < -0.4 is 14.4 Å². The topological polar surface area (TPSA) is 75.7 Å². The van der Waals surface area contributed by atoms with E-state index in [0.29, 0.717) is 17.2 Å². The van der Waals surface area contributed by atoms with Crippen LogP contribution in [0.1, 0.15) is 0 Å². The fourth-order valence-electron chi connectivity index (χ4n) is 3.27. The summed E-state index contributed by atoms with van der Waals surface area (Å²) in [5, 5.41) is 3.19. The molecule has 1 amide bonds.